The van der Waals surface area contributed by atoms with E-state index in [2.05, 4.69) is 50.8 Å². The summed E-state index contributed by atoms with van der Waals surface area (Å²) in [6.45, 7) is 2.73. The van der Waals surface area contributed by atoms with Gasteiger partial charge < -0.3 is 15.5 Å². The summed E-state index contributed by atoms with van der Waals surface area (Å²) in [6, 6.07) is 16.5. The summed E-state index contributed by atoms with van der Waals surface area (Å²) in [7, 11) is 0. The van der Waals surface area contributed by atoms with Gasteiger partial charge in [-0.3, -0.25) is 4.79 Å². The third-order valence-corrected chi connectivity index (χ3v) is 5.07. The molecule has 0 atom stereocenters. The number of benzene rings is 2. The SMILES string of the molecule is O=C1CN(c2ccc(CNc3nc4ccccc4s3)cc2)CCN1. The molecule has 6 heteroatoms. The van der Waals surface area contributed by atoms with Gasteiger partial charge >= 0.3 is 0 Å². The van der Waals surface area contributed by atoms with Crippen LogP contribution in [0, 0.1) is 0 Å². The molecular formula is C18H18N4OS. The summed E-state index contributed by atoms with van der Waals surface area (Å²) in [5, 5.41) is 7.17. The van der Waals surface area contributed by atoms with E-state index in [4.69, 9.17) is 0 Å². The van der Waals surface area contributed by atoms with Gasteiger partial charge in [0.15, 0.2) is 5.13 Å². The van der Waals surface area contributed by atoms with Crippen LogP contribution in [-0.4, -0.2) is 30.5 Å². The van der Waals surface area contributed by atoms with E-state index in [0.717, 1.165) is 29.4 Å². The van der Waals surface area contributed by atoms with Crippen LogP contribution in [0.15, 0.2) is 48.5 Å². The molecule has 0 aliphatic carbocycles. The van der Waals surface area contributed by atoms with Crippen LogP contribution >= 0.6 is 11.3 Å². The van der Waals surface area contributed by atoms with Crippen molar-refractivity contribution in [3.05, 3.63) is 54.1 Å². The van der Waals surface area contributed by atoms with Crippen LogP contribution in [0.25, 0.3) is 10.2 Å². The van der Waals surface area contributed by atoms with Crippen LogP contribution in [0.3, 0.4) is 0 Å². The zero-order valence-electron chi connectivity index (χ0n) is 13.2. The van der Waals surface area contributed by atoms with Gasteiger partial charge in [0.2, 0.25) is 5.91 Å². The van der Waals surface area contributed by atoms with E-state index in [9.17, 15) is 4.79 Å². The Balaban J connectivity index is 1.40. The van der Waals surface area contributed by atoms with Crippen LogP contribution in [0.2, 0.25) is 0 Å². The van der Waals surface area contributed by atoms with E-state index >= 15 is 0 Å². The molecule has 2 N–H and O–H groups in total. The number of rotatable bonds is 4. The second kappa shape index (κ2) is 6.49. The maximum Gasteiger partial charge on any atom is 0.239 e. The van der Waals surface area contributed by atoms with Gasteiger partial charge in [-0.05, 0) is 29.8 Å². The third-order valence-electron chi connectivity index (χ3n) is 4.08. The van der Waals surface area contributed by atoms with E-state index in [1.54, 1.807) is 11.3 Å². The molecule has 4 rings (SSSR count). The minimum atomic E-state index is 0.0860. The summed E-state index contributed by atoms with van der Waals surface area (Å²) < 4.78 is 1.19. The van der Waals surface area contributed by atoms with Crippen LogP contribution in [0.4, 0.5) is 10.8 Å². The normalized spacial score (nSPS) is 14.7. The van der Waals surface area contributed by atoms with Crippen molar-refractivity contribution in [2.75, 3.05) is 29.9 Å². The lowest BCUT2D eigenvalue weighted by Crippen LogP contribution is -2.47. The van der Waals surface area contributed by atoms with Gasteiger partial charge in [0.05, 0.1) is 16.8 Å². The Morgan fingerprint density at radius 2 is 2.00 bits per heavy atom. The van der Waals surface area contributed by atoms with E-state index in [0.29, 0.717) is 13.1 Å². The second-order valence-electron chi connectivity index (χ2n) is 5.78. The molecule has 1 aromatic heterocycles. The first kappa shape index (κ1) is 15.0. The van der Waals surface area contributed by atoms with Gasteiger partial charge in [-0.25, -0.2) is 4.98 Å². The minimum absolute atomic E-state index is 0.0860. The standard InChI is InChI=1S/C18H18N4OS/c23-17-12-22(10-9-19-17)14-7-5-13(6-8-14)11-20-18-21-15-3-1-2-4-16(15)24-18/h1-8H,9-12H2,(H,19,23)(H,20,21). The van der Waals surface area contributed by atoms with Crippen molar-refractivity contribution in [3.8, 4) is 0 Å². The number of amides is 1. The Kier molecular flexibility index (Phi) is 4.04. The number of fused-ring (bicyclic) bond motifs is 1. The maximum absolute atomic E-state index is 11.5. The largest absolute Gasteiger partial charge is 0.360 e. The summed E-state index contributed by atoms with van der Waals surface area (Å²) in [5.74, 6) is 0.0860. The average molecular weight is 338 g/mol. The molecule has 1 aliphatic heterocycles. The predicted molar refractivity (Wildman–Crippen MR) is 98.6 cm³/mol. The second-order valence-corrected chi connectivity index (χ2v) is 6.81. The Bertz CT molecular complexity index is 826. The zero-order chi connectivity index (χ0) is 16.4. The van der Waals surface area contributed by atoms with Gasteiger partial charge in [-0.15, -0.1) is 0 Å². The molecule has 1 amide bonds. The molecular weight excluding hydrogens is 320 g/mol. The molecule has 1 saturated heterocycles. The monoisotopic (exact) mass is 338 g/mol. The molecule has 0 bridgehead atoms. The highest BCUT2D eigenvalue weighted by Crippen LogP contribution is 2.26. The van der Waals surface area contributed by atoms with Crippen molar-refractivity contribution in [1.82, 2.24) is 10.3 Å². The lowest BCUT2D eigenvalue weighted by molar-refractivity contribution is -0.120. The number of thiazole rings is 1. The van der Waals surface area contributed by atoms with E-state index in [1.165, 1.54) is 10.3 Å². The predicted octanol–water partition coefficient (Wildman–Crippen LogP) is 2.84. The van der Waals surface area contributed by atoms with E-state index < -0.39 is 0 Å². The third kappa shape index (κ3) is 3.19. The number of hydrogen-bond donors (Lipinski definition) is 2. The molecule has 3 aromatic rings. The van der Waals surface area contributed by atoms with Crippen molar-refractivity contribution in [2.45, 2.75) is 6.54 Å². The van der Waals surface area contributed by atoms with Gasteiger partial charge in [-0.1, -0.05) is 35.6 Å². The summed E-state index contributed by atoms with van der Waals surface area (Å²) in [5.41, 5.74) is 3.32. The molecule has 2 aromatic carbocycles. The highest BCUT2D eigenvalue weighted by Gasteiger charge is 2.16. The average Bonchev–Trinajstić information content (AvgIpc) is 3.03. The first-order valence-corrected chi connectivity index (χ1v) is 8.80. The number of nitrogens with one attached hydrogen (secondary N) is 2. The first-order valence-electron chi connectivity index (χ1n) is 7.98. The number of carbonyl (C=O) groups is 1. The number of anilines is 2. The highest BCUT2D eigenvalue weighted by molar-refractivity contribution is 7.22. The van der Waals surface area contributed by atoms with Crippen LogP contribution in [0.5, 0.6) is 0 Å². The number of aromatic nitrogens is 1. The summed E-state index contributed by atoms with van der Waals surface area (Å²) >= 11 is 1.67. The molecule has 5 nitrogen and oxygen atoms in total. The molecule has 24 heavy (non-hydrogen) atoms. The number of hydrogen-bond acceptors (Lipinski definition) is 5. The first-order chi connectivity index (χ1) is 11.8. The Morgan fingerprint density at radius 1 is 1.17 bits per heavy atom. The fraction of sp³-hybridized carbons (Fsp3) is 0.222. The van der Waals surface area contributed by atoms with Crippen molar-refractivity contribution in [2.24, 2.45) is 0 Å². The number of para-hydroxylation sites is 1. The van der Waals surface area contributed by atoms with Crippen LogP contribution < -0.4 is 15.5 Å². The quantitative estimate of drug-likeness (QED) is 0.768. The number of carbonyl (C=O) groups excluding carboxylic acids is 1. The fourth-order valence-electron chi connectivity index (χ4n) is 2.81. The Labute approximate surface area is 144 Å². The molecule has 0 unspecified atom stereocenters. The van der Waals surface area contributed by atoms with Gasteiger partial charge in [-0.2, -0.15) is 0 Å². The van der Waals surface area contributed by atoms with E-state index in [1.807, 2.05) is 18.2 Å². The van der Waals surface area contributed by atoms with Crippen molar-refractivity contribution in [3.63, 3.8) is 0 Å². The van der Waals surface area contributed by atoms with Crippen molar-refractivity contribution >= 4 is 38.3 Å². The summed E-state index contributed by atoms with van der Waals surface area (Å²) in [6.07, 6.45) is 0. The number of nitrogens with zero attached hydrogens (tertiary/aromatic N) is 2. The summed E-state index contributed by atoms with van der Waals surface area (Å²) in [4.78, 5) is 18.2. The lowest BCUT2D eigenvalue weighted by atomic mass is 10.2. The topological polar surface area (TPSA) is 57.3 Å². The van der Waals surface area contributed by atoms with E-state index in [-0.39, 0.29) is 5.91 Å². The van der Waals surface area contributed by atoms with Crippen LogP contribution in [-0.2, 0) is 11.3 Å². The maximum atomic E-state index is 11.5. The Hall–Kier alpha value is -2.60. The van der Waals surface area contributed by atoms with Gasteiger partial charge in [0.1, 0.15) is 0 Å². The molecule has 122 valence electrons. The molecule has 0 saturated carbocycles. The van der Waals surface area contributed by atoms with Crippen LogP contribution in [0.1, 0.15) is 5.56 Å². The molecule has 1 fully saturated rings. The minimum Gasteiger partial charge on any atom is -0.360 e. The molecule has 0 spiro atoms. The van der Waals surface area contributed by atoms with Gasteiger partial charge in [0, 0.05) is 25.3 Å². The smallest absolute Gasteiger partial charge is 0.239 e. The zero-order valence-corrected chi connectivity index (χ0v) is 14.0. The Morgan fingerprint density at radius 3 is 2.79 bits per heavy atom. The molecule has 0 radical (unpaired) electrons. The van der Waals surface area contributed by atoms with Gasteiger partial charge in [0.25, 0.3) is 0 Å². The highest BCUT2D eigenvalue weighted by atomic mass is 32.1. The molecule has 2 heterocycles. The lowest BCUT2D eigenvalue weighted by Gasteiger charge is -2.28. The molecule has 1 aliphatic rings. The van der Waals surface area contributed by atoms with Crippen molar-refractivity contribution in [1.29, 1.82) is 0 Å². The number of piperazine rings is 1. The van der Waals surface area contributed by atoms with Crippen molar-refractivity contribution < 1.29 is 4.79 Å². The fourth-order valence-corrected chi connectivity index (χ4v) is 3.67.